The van der Waals surface area contributed by atoms with E-state index in [-0.39, 0.29) is 12.7 Å². The molecule has 0 aromatic heterocycles. The SMILES string of the molecule is C=CCc1cc2c(cc1OCOC)C(O)(CCc1ccccc1)N(C)C2=O. The third kappa shape index (κ3) is 3.61. The van der Waals surface area contributed by atoms with Crippen LogP contribution in [0.5, 0.6) is 5.75 Å². The maximum atomic E-state index is 12.8. The van der Waals surface area contributed by atoms with Crippen LogP contribution < -0.4 is 4.74 Å². The lowest BCUT2D eigenvalue weighted by Crippen LogP contribution is -2.41. The summed E-state index contributed by atoms with van der Waals surface area (Å²) in [6, 6.07) is 13.5. The molecular formula is C22H25NO4. The Balaban J connectivity index is 1.98. The Kier molecular flexibility index (Phi) is 5.63. The van der Waals surface area contributed by atoms with E-state index in [1.807, 2.05) is 30.3 Å². The predicted octanol–water partition coefficient (Wildman–Crippen LogP) is 3.26. The monoisotopic (exact) mass is 367 g/mol. The molecule has 5 nitrogen and oxygen atoms in total. The Bertz CT molecular complexity index is 834. The molecule has 1 heterocycles. The highest BCUT2D eigenvalue weighted by Crippen LogP contribution is 2.42. The van der Waals surface area contributed by atoms with E-state index in [1.165, 1.54) is 4.90 Å². The van der Waals surface area contributed by atoms with Crippen LogP contribution in [-0.4, -0.2) is 36.9 Å². The number of amides is 1. The number of nitrogens with zero attached hydrogens (tertiary/aromatic N) is 1. The number of aryl methyl sites for hydroxylation is 1. The minimum Gasteiger partial charge on any atom is -0.467 e. The summed E-state index contributed by atoms with van der Waals surface area (Å²) in [6.07, 6.45) is 3.37. The summed E-state index contributed by atoms with van der Waals surface area (Å²) in [5, 5.41) is 11.4. The molecule has 1 unspecified atom stereocenters. The van der Waals surface area contributed by atoms with Gasteiger partial charge >= 0.3 is 0 Å². The maximum absolute atomic E-state index is 12.8. The first-order valence-electron chi connectivity index (χ1n) is 8.95. The lowest BCUT2D eigenvalue weighted by Gasteiger charge is -2.31. The Labute approximate surface area is 159 Å². The van der Waals surface area contributed by atoms with Gasteiger partial charge in [0.1, 0.15) is 5.75 Å². The molecule has 3 rings (SSSR count). The summed E-state index contributed by atoms with van der Waals surface area (Å²) in [5.74, 6) is 0.404. The van der Waals surface area contributed by atoms with Gasteiger partial charge < -0.3 is 19.5 Å². The molecule has 5 heteroatoms. The summed E-state index contributed by atoms with van der Waals surface area (Å²) < 4.78 is 10.7. The van der Waals surface area contributed by atoms with E-state index in [0.717, 1.165) is 11.1 Å². The molecule has 1 aliphatic heterocycles. The molecule has 2 aromatic carbocycles. The van der Waals surface area contributed by atoms with Crippen molar-refractivity contribution in [2.24, 2.45) is 0 Å². The van der Waals surface area contributed by atoms with Crippen molar-refractivity contribution in [1.82, 2.24) is 4.90 Å². The second-order valence-corrected chi connectivity index (χ2v) is 6.72. The van der Waals surface area contributed by atoms with Crippen molar-refractivity contribution in [2.75, 3.05) is 21.0 Å². The van der Waals surface area contributed by atoms with Crippen LogP contribution in [0.2, 0.25) is 0 Å². The average Bonchev–Trinajstić information content (AvgIpc) is 2.87. The van der Waals surface area contributed by atoms with Crippen molar-refractivity contribution in [3.63, 3.8) is 0 Å². The minimum atomic E-state index is -1.37. The van der Waals surface area contributed by atoms with Crippen LogP contribution in [0.4, 0.5) is 0 Å². The van der Waals surface area contributed by atoms with Gasteiger partial charge in [-0.3, -0.25) is 4.79 Å². The molecule has 1 atom stereocenters. The van der Waals surface area contributed by atoms with Gasteiger partial charge in [0.25, 0.3) is 5.91 Å². The standard InChI is InChI=1S/C22H25NO4/c1-4-8-17-13-18-19(14-20(17)27-15-26-3)22(25,23(2)21(18)24)12-11-16-9-6-5-7-10-16/h4-7,9-10,13-14,25H,1,8,11-12,15H2,2-3H3. The van der Waals surface area contributed by atoms with Crippen molar-refractivity contribution in [1.29, 1.82) is 0 Å². The smallest absolute Gasteiger partial charge is 0.256 e. The number of hydrogen-bond donors (Lipinski definition) is 1. The highest BCUT2D eigenvalue weighted by Gasteiger charge is 2.46. The van der Waals surface area contributed by atoms with Crippen LogP contribution in [0.3, 0.4) is 0 Å². The largest absolute Gasteiger partial charge is 0.467 e. The van der Waals surface area contributed by atoms with E-state index in [2.05, 4.69) is 6.58 Å². The zero-order valence-electron chi connectivity index (χ0n) is 15.8. The van der Waals surface area contributed by atoms with Gasteiger partial charge in [0.2, 0.25) is 0 Å². The molecule has 0 saturated heterocycles. The zero-order valence-corrected chi connectivity index (χ0v) is 15.8. The predicted molar refractivity (Wildman–Crippen MR) is 104 cm³/mol. The molecule has 27 heavy (non-hydrogen) atoms. The Morgan fingerprint density at radius 1 is 1.26 bits per heavy atom. The number of carbonyl (C=O) groups excluding carboxylic acids is 1. The molecule has 0 spiro atoms. The van der Waals surface area contributed by atoms with E-state index in [1.54, 1.807) is 32.4 Å². The van der Waals surface area contributed by atoms with Crippen LogP contribution in [0.1, 0.15) is 33.5 Å². The van der Waals surface area contributed by atoms with Gasteiger partial charge in [-0.1, -0.05) is 36.4 Å². The number of benzene rings is 2. The lowest BCUT2D eigenvalue weighted by molar-refractivity contribution is -0.0783. The maximum Gasteiger partial charge on any atom is 0.256 e. The van der Waals surface area contributed by atoms with Crippen molar-refractivity contribution < 1.29 is 19.4 Å². The van der Waals surface area contributed by atoms with Crippen LogP contribution in [0.25, 0.3) is 0 Å². The van der Waals surface area contributed by atoms with Gasteiger partial charge in [-0.15, -0.1) is 6.58 Å². The third-order valence-electron chi connectivity index (χ3n) is 5.02. The van der Waals surface area contributed by atoms with E-state index in [0.29, 0.717) is 36.1 Å². The first-order chi connectivity index (χ1) is 13.0. The van der Waals surface area contributed by atoms with Gasteiger partial charge in [-0.2, -0.15) is 0 Å². The number of aliphatic hydroxyl groups is 1. The molecule has 0 bridgehead atoms. The minimum absolute atomic E-state index is 0.0924. The second-order valence-electron chi connectivity index (χ2n) is 6.72. The quantitative estimate of drug-likeness (QED) is 0.575. The van der Waals surface area contributed by atoms with E-state index >= 15 is 0 Å². The fourth-order valence-corrected chi connectivity index (χ4v) is 3.50. The Morgan fingerprint density at radius 2 is 2.00 bits per heavy atom. The highest BCUT2D eigenvalue weighted by atomic mass is 16.7. The molecule has 0 aliphatic carbocycles. The first-order valence-corrected chi connectivity index (χ1v) is 8.95. The Morgan fingerprint density at radius 3 is 2.67 bits per heavy atom. The van der Waals surface area contributed by atoms with Gasteiger partial charge in [-0.05, 0) is 36.1 Å². The number of fused-ring (bicyclic) bond motifs is 1. The fraction of sp³-hybridized carbons (Fsp3) is 0.318. The molecule has 1 aliphatic rings. The molecule has 0 radical (unpaired) electrons. The Hall–Kier alpha value is -2.63. The fourth-order valence-electron chi connectivity index (χ4n) is 3.50. The van der Waals surface area contributed by atoms with Crippen LogP contribution in [0.15, 0.2) is 55.1 Å². The number of hydrogen-bond acceptors (Lipinski definition) is 4. The van der Waals surface area contributed by atoms with Crippen molar-refractivity contribution in [2.45, 2.75) is 25.0 Å². The molecule has 1 N–H and O–H groups in total. The number of allylic oxidation sites excluding steroid dienone is 1. The van der Waals surface area contributed by atoms with Crippen molar-refractivity contribution in [3.8, 4) is 5.75 Å². The second kappa shape index (κ2) is 7.94. The van der Waals surface area contributed by atoms with Gasteiger partial charge in [0, 0.05) is 31.7 Å². The van der Waals surface area contributed by atoms with Crippen LogP contribution >= 0.6 is 0 Å². The van der Waals surface area contributed by atoms with Crippen LogP contribution in [0, 0.1) is 0 Å². The van der Waals surface area contributed by atoms with E-state index < -0.39 is 5.72 Å². The molecule has 142 valence electrons. The molecule has 1 amide bonds. The van der Waals surface area contributed by atoms with Crippen molar-refractivity contribution in [3.05, 3.63) is 77.4 Å². The van der Waals surface area contributed by atoms with Crippen molar-refractivity contribution >= 4 is 5.91 Å². The van der Waals surface area contributed by atoms with Crippen LogP contribution in [-0.2, 0) is 23.3 Å². The average molecular weight is 367 g/mol. The normalized spacial score (nSPS) is 18.5. The number of ether oxygens (including phenoxy) is 2. The molecule has 0 fully saturated rings. The lowest BCUT2D eigenvalue weighted by atomic mass is 9.92. The summed E-state index contributed by atoms with van der Waals surface area (Å²) in [7, 11) is 3.18. The molecular weight excluding hydrogens is 342 g/mol. The summed E-state index contributed by atoms with van der Waals surface area (Å²) >= 11 is 0. The topological polar surface area (TPSA) is 59.0 Å². The van der Waals surface area contributed by atoms with Gasteiger partial charge in [0.05, 0.1) is 0 Å². The first kappa shape index (κ1) is 19.1. The summed E-state index contributed by atoms with van der Waals surface area (Å²) in [6.45, 7) is 3.86. The highest BCUT2D eigenvalue weighted by molar-refractivity contribution is 6.00. The number of methoxy groups -OCH3 is 1. The van der Waals surface area contributed by atoms with Gasteiger partial charge in [0.15, 0.2) is 12.5 Å². The molecule has 2 aromatic rings. The third-order valence-corrected chi connectivity index (χ3v) is 5.02. The zero-order chi connectivity index (χ0) is 19.4. The van der Waals surface area contributed by atoms with Gasteiger partial charge in [-0.25, -0.2) is 0 Å². The van der Waals surface area contributed by atoms with E-state index in [4.69, 9.17) is 9.47 Å². The number of rotatable bonds is 8. The molecule has 0 saturated carbocycles. The summed E-state index contributed by atoms with van der Waals surface area (Å²) in [5.41, 5.74) is 1.66. The number of carbonyl (C=O) groups is 1. The summed E-state index contributed by atoms with van der Waals surface area (Å²) in [4.78, 5) is 14.2. The van der Waals surface area contributed by atoms with E-state index in [9.17, 15) is 9.90 Å².